The van der Waals surface area contributed by atoms with Gasteiger partial charge in [-0.15, -0.1) is 23.7 Å². The first-order valence-corrected chi connectivity index (χ1v) is 8.03. The van der Waals surface area contributed by atoms with E-state index in [4.69, 9.17) is 4.74 Å². The van der Waals surface area contributed by atoms with Crippen molar-refractivity contribution in [1.82, 2.24) is 5.32 Å². The number of piperidine rings is 1. The van der Waals surface area contributed by atoms with Crippen molar-refractivity contribution in [2.75, 3.05) is 0 Å². The standard InChI is InChI=1S/C16H19NOS.ClH/c1-2-4-16-11(3-1)7-15(19-16)10-18-14-8-12-5-6-13(9-14)17-12;/h1-4,7,12-14,17H,5-6,8-10H2;1H/t12-,13+,14+;. The van der Waals surface area contributed by atoms with Crippen molar-refractivity contribution in [3.05, 3.63) is 35.2 Å². The van der Waals surface area contributed by atoms with Gasteiger partial charge in [-0.05, 0) is 43.2 Å². The Morgan fingerprint density at radius 1 is 1.15 bits per heavy atom. The molecule has 0 aliphatic carbocycles. The molecule has 108 valence electrons. The van der Waals surface area contributed by atoms with E-state index in [0.29, 0.717) is 18.2 Å². The van der Waals surface area contributed by atoms with Crippen LogP contribution in [0.2, 0.25) is 0 Å². The molecule has 2 aliphatic rings. The van der Waals surface area contributed by atoms with Gasteiger partial charge in [0.05, 0.1) is 12.7 Å². The molecule has 1 aromatic carbocycles. The molecule has 3 atom stereocenters. The molecule has 2 saturated heterocycles. The third-order valence-electron chi connectivity index (χ3n) is 4.37. The smallest absolute Gasteiger partial charge is 0.0813 e. The highest BCUT2D eigenvalue weighted by Gasteiger charge is 2.33. The van der Waals surface area contributed by atoms with Crippen LogP contribution in [0.1, 0.15) is 30.6 Å². The SMILES string of the molecule is Cl.c1ccc2sc(CO[C@H]3C[C@H]4CC[C@@H](C3)N4)cc2c1. The van der Waals surface area contributed by atoms with Crippen molar-refractivity contribution in [2.24, 2.45) is 0 Å². The molecule has 0 radical (unpaired) electrons. The second-order valence-electron chi connectivity index (χ2n) is 5.79. The van der Waals surface area contributed by atoms with Gasteiger partial charge >= 0.3 is 0 Å². The van der Waals surface area contributed by atoms with Crippen molar-refractivity contribution >= 4 is 33.8 Å². The van der Waals surface area contributed by atoms with Gasteiger partial charge in [0.15, 0.2) is 0 Å². The number of hydrogen-bond donors (Lipinski definition) is 1. The third kappa shape index (κ3) is 2.86. The topological polar surface area (TPSA) is 21.3 Å². The van der Waals surface area contributed by atoms with Crippen LogP contribution in [-0.2, 0) is 11.3 Å². The maximum Gasteiger partial charge on any atom is 0.0813 e. The molecular formula is C16H20ClNOS. The number of nitrogens with one attached hydrogen (secondary N) is 1. The van der Waals surface area contributed by atoms with E-state index in [1.807, 2.05) is 11.3 Å². The fraction of sp³-hybridized carbons (Fsp3) is 0.500. The molecule has 1 N–H and O–H groups in total. The number of rotatable bonds is 3. The maximum absolute atomic E-state index is 6.15. The minimum atomic E-state index is 0. The molecule has 2 bridgehead atoms. The predicted octanol–water partition coefficient (Wildman–Crippen LogP) is 4.12. The molecule has 2 fully saturated rings. The Morgan fingerprint density at radius 2 is 1.90 bits per heavy atom. The monoisotopic (exact) mass is 309 g/mol. The van der Waals surface area contributed by atoms with Crippen LogP contribution in [0, 0.1) is 0 Å². The zero-order valence-electron chi connectivity index (χ0n) is 11.4. The number of halogens is 1. The fourth-order valence-electron chi connectivity index (χ4n) is 3.45. The minimum Gasteiger partial charge on any atom is -0.373 e. The normalized spacial score (nSPS) is 28.5. The van der Waals surface area contributed by atoms with E-state index in [2.05, 4.69) is 35.6 Å². The highest BCUT2D eigenvalue weighted by Crippen LogP contribution is 2.30. The Balaban J connectivity index is 0.00000121. The first-order chi connectivity index (χ1) is 9.37. The highest BCUT2D eigenvalue weighted by atomic mass is 35.5. The van der Waals surface area contributed by atoms with E-state index in [9.17, 15) is 0 Å². The molecule has 4 rings (SSSR count). The second kappa shape index (κ2) is 6.02. The molecule has 2 aromatic rings. The van der Waals surface area contributed by atoms with Crippen LogP contribution < -0.4 is 5.32 Å². The quantitative estimate of drug-likeness (QED) is 0.920. The van der Waals surface area contributed by atoms with Crippen molar-refractivity contribution in [3.8, 4) is 0 Å². The predicted molar refractivity (Wildman–Crippen MR) is 86.8 cm³/mol. The molecule has 20 heavy (non-hydrogen) atoms. The first kappa shape index (κ1) is 14.3. The third-order valence-corrected chi connectivity index (χ3v) is 5.46. The van der Waals surface area contributed by atoms with E-state index in [1.54, 1.807) is 0 Å². The summed E-state index contributed by atoms with van der Waals surface area (Å²) in [4.78, 5) is 1.35. The maximum atomic E-state index is 6.15. The summed E-state index contributed by atoms with van der Waals surface area (Å²) in [5.41, 5.74) is 0. The molecular weight excluding hydrogens is 290 g/mol. The molecule has 2 nitrogen and oxygen atoms in total. The number of benzene rings is 1. The second-order valence-corrected chi connectivity index (χ2v) is 6.96. The van der Waals surface area contributed by atoms with Crippen LogP contribution >= 0.6 is 23.7 Å². The molecule has 0 saturated carbocycles. The Morgan fingerprint density at radius 3 is 2.65 bits per heavy atom. The van der Waals surface area contributed by atoms with Gasteiger partial charge in [-0.25, -0.2) is 0 Å². The summed E-state index contributed by atoms with van der Waals surface area (Å²) in [6.45, 7) is 0.781. The van der Waals surface area contributed by atoms with Crippen LogP contribution in [0.15, 0.2) is 30.3 Å². The fourth-order valence-corrected chi connectivity index (χ4v) is 4.44. The van der Waals surface area contributed by atoms with Crippen LogP contribution in [-0.4, -0.2) is 18.2 Å². The summed E-state index contributed by atoms with van der Waals surface area (Å²) in [6.07, 6.45) is 5.54. The van der Waals surface area contributed by atoms with Gasteiger partial charge in [-0.2, -0.15) is 0 Å². The zero-order valence-corrected chi connectivity index (χ0v) is 13.0. The van der Waals surface area contributed by atoms with Crippen molar-refractivity contribution in [1.29, 1.82) is 0 Å². The van der Waals surface area contributed by atoms with Gasteiger partial charge in [0.1, 0.15) is 0 Å². The summed E-state index contributed by atoms with van der Waals surface area (Å²) in [7, 11) is 0. The van der Waals surface area contributed by atoms with Gasteiger partial charge in [-0.3, -0.25) is 0 Å². The van der Waals surface area contributed by atoms with Crippen LogP contribution in [0.3, 0.4) is 0 Å². The summed E-state index contributed by atoms with van der Waals surface area (Å²) in [6, 6.07) is 12.3. The van der Waals surface area contributed by atoms with Gasteiger partial charge in [0.2, 0.25) is 0 Å². The Bertz CT molecular complexity index is 540. The molecule has 0 unspecified atom stereocenters. The van der Waals surface area contributed by atoms with Gasteiger partial charge in [-0.1, -0.05) is 18.2 Å². The summed E-state index contributed by atoms with van der Waals surface area (Å²) >= 11 is 1.86. The van der Waals surface area contributed by atoms with Crippen LogP contribution in [0.25, 0.3) is 10.1 Å². The van der Waals surface area contributed by atoms with E-state index in [-0.39, 0.29) is 12.4 Å². The Kier molecular flexibility index (Phi) is 4.32. The average Bonchev–Trinajstić information content (AvgIpc) is 2.99. The molecule has 1 aromatic heterocycles. The number of hydrogen-bond acceptors (Lipinski definition) is 3. The summed E-state index contributed by atoms with van der Waals surface area (Å²) in [5.74, 6) is 0. The lowest BCUT2D eigenvalue weighted by Gasteiger charge is -2.28. The largest absolute Gasteiger partial charge is 0.373 e. The first-order valence-electron chi connectivity index (χ1n) is 7.22. The van der Waals surface area contributed by atoms with E-state index in [0.717, 1.165) is 6.61 Å². The number of fused-ring (bicyclic) bond motifs is 3. The minimum absolute atomic E-state index is 0. The van der Waals surface area contributed by atoms with Gasteiger partial charge < -0.3 is 10.1 Å². The van der Waals surface area contributed by atoms with Crippen molar-refractivity contribution in [3.63, 3.8) is 0 Å². The van der Waals surface area contributed by atoms with Crippen LogP contribution in [0.4, 0.5) is 0 Å². The molecule has 0 spiro atoms. The average molecular weight is 310 g/mol. The van der Waals surface area contributed by atoms with E-state index >= 15 is 0 Å². The summed E-state index contributed by atoms with van der Waals surface area (Å²) < 4.78 is 7.52. The van der Waals surface area contributed by atoms with Gasteiger partial charge in [0, 0.05) is 21.7 Å². The Labute approximate surface area is 129 Å². The van der Waals surface area contributed by atoms with Crippen molar-refractivity contribution < 1.29 is 4.74 Å². The Hall–Kier alpha value is -0.610. The van der Waals surface area contributed by atoms with Crippen molar-refractivity contribution in [2.45, 2.75) is 50.5 Å². The van der Waals surface area contributed by atoms with E-state index in [1.165, 1.54) is 40.6 Å². The molecule has 0 amide bonds. The zero-order chi connectivity index (χ0) is 12.7. The molecule has 4 heteroatoms. The lowest BCUT2D eigenvalue weighted by molar-refractivity contribution is 0.0105. The van der Waals surface area contributed by atoms with Crippen LogP contribution in [0.5, 0.6) is 0 Å². The van der Waals surface area contributed by atoms with E-state index < -0.39 is 0 Å². The number of ether oxygens (including phenoxy) is 1. The van der Waals surface area contributed by atoms with Gasteiger partial charge in [0.25, 0.3) is 0 Å². The molecule has 2 aliphatic heterocycles. The lowest BCUT2D eigenvalue weighted by atomic mass is 10.0. The number of thiophene rings is 1. The molecule has 3 heterocycles. The highest BCUT2D eigenvalue weighted by molar-refractivity contribution is 7.19. The summed E-state index contributed by atoms with van der Waals surface area (Å²) in [5, 5.41) is 5.01. The lowest BCUT2D eigenvalue weighted by Crippen LogP contribution is -2.41.